The molecule has 1 aromatic carbocycles. The lowest BCUT2D eigenvalue weighted by Gasteiger charge is -2.20. The second-order valence-electron chi connectivity index (χ2n) is 6.47. The molecule has 1 aromatic heterocycles. The Morgan fingerprint density at radius 1 is 1.23 bits per heavy atom. The van der Waals surface area contributed by atoms with Crippen LogP contribution in [0.3, 0.4) is 0 Å². The predicted molar refractivity (Wildman–Crippen MR) is 101 cm³/mol. The van der Waals surface area contributed by atoms with E-state index in [9.17, 15) is 9.59 Å². The van der Waals surface area contributed by atoms with Gasteiger partial charge in [-0.15, -0.1) is 13.2 Å². The third kappa shape index (κ3) is 4.02. The Balaban J connectivity index is 1.83. The summed E-state index contributed by atoms with van der Waals surface area (Å²) in [5.41, 5.74) is 1.70. The first kappa shape index (κ1) is 17.9. The third-order valence-electron chi connectivity index (χ3n) is 4.45. The second kappa shape index (κ2) is 7.99. The highest BCUT2D eigenvalue weighted by atomic mass is 16.2. The fourth-order valence-corrected chi connectivity index (χ4v) is 2.92. The van der Waals surface area contributed by atoms with Gasteiger partial charge in [0.05, 0.1) is 17.6 Å². The quantitative estimate of drug-likeness (QED) is 0.704. The van der Waals surface area contributed by atoms with Crippen molar-refractivity contribution in [2.45, 2.75) is 25.9 Å². The average molecular weight is 352 g/mol. The van der Waals surface area contributed by atoms with Crippen molar-refractivity contribution in [3.8, 4) is 0 Å². The highest BCUT2D eigenvalue weighted by Crippen LogP contribution is 2.28. The van der Waals surface area contributed by atoms with Crippen molar-refractivity contribution in [3.05, 3.63) is 55.4 Å². The van der Waals surface area contributed by atoms with Gasteiger partial charge in [0.1, 0.15) is 12.4 Å². The van der Waals surface area contributed by atoms with Crippen LogP contribution in [-0.2, 0) is 22.7 Å². The van der Waals surface area contributed by atoms with Gasteiger partial charge < -0.3 is 14.8 Å². The summed E-state index contributed by atoms with van der Waals surface area (Å²) in [4.78, 5) is 31.0. The summed E-state index contributed by atoms with van der Waals surface area (Å²) in [6, 6.07) is 7.68. The zero-order chi connectivity index (χ0) is 18.5. The molecular weight excluding hydrogens is 328 g/mol. The van der Waals surface area contributed by atoms with Gasteiger partial charge in [0.15, 0.2) is 0 Å². The minimum Gasteiger partial charge on any atom is -0.349 e. The van der Waals surface area contributed by atoms with Crippen LogP contribution in [-0.4, -0.2) is 39.4 Å². The maximum Gasteiger partial charge on any atom is 0.243 e. The number of rotatable bonds is 9. The standard InChI is InChI=1S/C20H24N4O2/c1-3-11-23(12-4-2)19(25)14-24-17-8-6-5-7-16(17)22-18(24)13-21-20(26)15-9-10-15/h3-8,15H,1-2,9-14H2,(H,21,26). The van der Waals surface area contributed by atoms with E-state index in [-0.39, 0.29) is 24.3 Å². The van der Waals surface area contributed by atoms with E-state index in [1.54, 1.807) is 17.1 Å². The first-order valence-corrected chi connectivity index (χ1v) is 8.85. The third-order valence-corrected chi connectivity index (χ3v) is 4.45. The van der Waals surface area contributed by atoms with E-state index in [2.05, 4.69) is 23.5 Å². The van der Waals surface area contributed by atoms with E-state index < -0.39 is 0 Å². The fourth-order valence-electron chi connectivity index (χ4n) is 2.92. The van der Waals surface area contributed by atoms with Crippen LogP contribution in [0.5, 0.6) is 0 Å². The maximum absolute atomic E-state index is 12.7. The lowest BCUT2D eigenvalue weighted by Crippen LogP contribution is -2.35. The molecule has 0 bridgehead atoms. The van der Waals surface area contributed by atoms with Gasteiger partial charge >= 0.3 is 0 Å². The molecule has 0 unspecified atom stereocenters. The van der Waals surface area contributed by atoms with E-state index in [4.69, 9.17) is 0 Å². The van der Waals surface area contributed by atoms with E-state index in [1.807, 2.05) is 28.8 Å². The number of nitrogens with zero attached hydrogens (tertiary/aromatic N) is 3. The number of amides is 2. The molecule has 3 rings (SSSR count). The number of carbonyl (C=O) groups is 2. The monoisotopic (exact) mass is 352 g/mol. The molecule has 6 nitrogen and oxygen atoms in total. The largest absolute Gasteiger partial charge is 0.349 e. The fraction of sp³-hybridized carbons (Fsp3) is 0.350. The van der Waals surface area contributed by atoms with Gasteiger partial charge in [0, 0.05) is 19.0 Å². The molecule has 136 valence electrons. The van der Waals surface area contributed by atoms with Gasteiger partial charge in [0.2, 0.25) is 11.8 Å². The maximum atomic E-state index is 12.7. The first-order chi connectivity index (χ1) is 12.6. The zero-order valence-electron chi connectivity index (χ0n) is 14.9. The molecule has 1 heterocycles. The number of benzene rings is 1. The molecule has 6 heteroatoms. The molecule has 1 fully saturated rings. The number of carbonyl (C=O) groups excluding carboxylic acids is 2. The summed E-state index contributed by atoms with van der Waals surface area (Å²) in [6.07, 6.45) is 5.31. The lowest BCUT2D eigenvalue weighted by molar-refractivity contribution is -0.130. The van der Waals surface area contributed by atoms with Crippen LogP contribution in [0.4, 0.5) is 0 Å². The average Bonchev–Trinajstić information content (AvgIpc) is 3.43. The van der Waals surface area contributed by atoms with Crippen molar-refractivity contribution in [1.82, 2.24) is 19.8 Å². The highest BCUT2D eigenvalue weighted by molar-refractivity contribution is 5.82. The van der Waals surface area contributed by atoms with Crippen molar-refractivity contribution < 1.29 is 9.59 Å². The van der Waals surface area contributed by atoms with Crippen LogP contribution in [0.25, 0.3) is 11.0 Å². The van der Waals surface area contributed by atoms with Crippen LogP contribution in [0.15, 0.2) is 49.6 Å². The van der Waals surface area contributed by atoms with E-state index in [1.165, 1.54) is 0 Å². The Bertz CT molecular complexity index is 825. The molecular formula is C20H24N4O2. The molecule has 1 aliphatic rings. The first-order valence-electron chi connectivity index (χ1n) is 8.85. The number of hydrogen-bond acceptors (Lipinski definition) is 3. The Hall–Kier alpha value is -2.89. The molecule has 0 saturated heterocycles. The summed E-state index contributed by atoms with van der Waals surface area (Å²) in [5.74, 6) is 0.855. The molecule has 26 heavy (non-hydrogen) atoms. The predicted octanol–water partition coefficient (Wildman–Crippen LogP) is 2.26. The number of para-hydroxylation sites is 2. The molecule has 0 radical (unpaired) electrons. The second-order valence-corrected chi connectivity index (χ2v) is 6.47. The zero-order valence-corrected chi connectivity index (χ0v) is 14.9. The van der Waals surface area contributed by atoms with Gasteiger partial charge in [-0.05, 0) is 25.0 Å². The van der Waals surface area contributed by atoms with Crippen molar-refractivity contribution in [1.29, 1.82) is 0 Å². The minimum absolute atomic E-state index is 0.0391. The van der Waals surface area contributed by atoms with E-state index in [0.29, 0.717) is 25.5 Å². The molecule has 0 aliphatic heterocycles. The summed E-state index contributed by atoms with van der Waals surface area (Å²) in [5, 5.41) is 2.94. The molecule has 0 atom stereocenters. The Morgan fingerprint density at radius 3 is 2.58 bits per heavy atom. The lowest BCUT2D eigenvalue weighted by atomic mass is 10.3. The summed E-state index contributed by atoms with van der Waals surface area (Å²) in [6.45, 7) is 8.82. The van der Waals surface area contributed by atoms with E-state index in [0.717, 1.165) is 23.9 Å². The summed E-state index contributed by atoms with van der Waals surface area (Å²) < 4.78 is 1.88. The van der Waals surface area contributed by atoms with Gasteiger partial charge in [-0.2, -0.15) is 0 Å². The normalized spacial score (nSPS) is 13.4. The Labute approximate surface area is 153 Å². The highest BCUT2D eigenvalue weighted by Gasteiger charge is 2.29. The number of fused-ring (bicyclic) bond motifs is 1. The summed E-state index contributed by atoms with van der Waals surface area (Å²) >= 11 is 0. The van der Waals surface area contributed by atoms with Crippen molar-refractivity contribution in [3.63, 3.8) is 0 Å². The topological polar surface area (TPSA) is 67.2 Å². The van der Waals surface area contributed by atoms with Crippen LogP contribution in [0.1, 0.15) is 18.7 Å². The van der Waals surface area contributed by atoms with Crippen molar-refractivity contribution in [2.75, 3.05) is 13.1 Å². The van der Waals surface area contributed by atoms with Crippen LogP contribution in [0, 0.1) is 5.92 Å². The Morgan fingerprint density at radius 2 is 1.92 bits per heavy atom. The van der Waals surface area contributed by atoms with Crippen LogP contribution < -0.4 is 5.32 Å². The van der Waals surface area contributed by atoms with Crippen molar-refractivity contribution >= 4 is 22.8 Å². The van der Waals surface area contributed by atoms with Gasteiger partial charge in [-0.3, -0.25) is 9.59 Å². The molecule has 0 spiro atoms. The van der Waals surface area contributed by atoms with Crippen LogP contribution in [0.2, 0.25) is 0 Å². The molecule has 2 aromatic rings. The van der Waals surface area contributed by atoms with Gasteiger partial charge in [0.25, 0.3) is 0 Å². The molecule has 2 amide bonds. The van der Waals surface area contributed by atoms with Gasteiger partial charge in [-0.1, -0.05) is 24.3 Å². The smallest absolute Gasteiger partial charge is 0.243 e. The summed E-state index contributed by atoms with van der Waals surface area (Å²) in [7, 11) is 0. The SMILES string of the molecule is C=CCN(CC=C)C(=O)Cn1c(CNC(=O)C2CC2)nc2ccccc21. The number of hydrogen-bond donors (Lipinski definition) is 1. The van der Waals surface area contributed by atoms with E-state index >= 15 is 0 Å². The molecule has 1 N–H and O–H groups in total. The van der Waals surface area contributed by atoms with Crippen LogP contribution >= 0.6 is 0 Å². The molecule has 1 saturated carbocycles. The van der Waals surface area contributed by atoms with Gasteiger partial charge in [-0.25, -0.2) is 4.98 Å². The number of nitrogens with one attached hydrogen (secondary N) is 1. The minimum atomic E-state index is -0.0391. The number of imidazole rings is 1. The van der Waals surface area contributed by atoms with Crippen molar-refractivity contribution in [2.24, 2.45) is 5.92 Å². The number of aromatic nitrogens is 2. The Kier molecular flexibility index (Phi) is 5.51. The molecule has 1 aliphatic carbocycles.